The summed E-state index contributed by atoms with van der Waals surface area (Å²) in [5.74, 6) is -7.46. The van der Waals surface area contributed by atoms with Crippen molar-refractivity contribution in [2.45, 2.75) is 131 Å². The standard InChI is InChI=1S/C49H61NO13/c1-23-11-10-12-24(2)47(58)50-33-18-34(52)37-38(42(33)56)44(62-36(53)22-49-19-30-15-31(20-49)17-32(16-30)21-49)28(6)45-39(37)46(57)48(8,63-45)60-14-13-35(59-9)25(3)43(61-29(7)51)27(5)41(55)26(4)40(23)54/h10-14,18,23,25-27,30-32,35,40-41,43,54-55H,15-17,19-22H2,1-9H3,(H,50,58). The highest BCUT2D eigenvalue weighted by Crippen LogP contribution is 2.61. The van der Waals surface area contributed by atoms with Crippen molar-refractivity contribution in [3.05, 3.63) is 70.2 Å². The zero-order valence-corrected chi connectivity index (χ0v) is 37.6. The molecule has 3 aliphatic heterocycles. The number of carbonyl (C=O) groups excluding carboxylic acids is 6. The van der Waals surface area contributed by atoms with Crippen LogP contribution in [-0.4, -0.2) is 82.7 Å². The van der Waals surface area contributed by atoms with E-state index in [-0.39, 0.29) is 56.9 Å². The molecule has 5 aliphatic carbocycles. The van der Waals surface area contributed by atoms with E-state index in [1.54, 1.807) is 39.8 Å². The molecule has 9 atom stereocenters. The van der Waals surface area contributed by atoms with Gasteiger partial charge in [-0.1, -0.05) is 45.9 Å². The van der Waals surface area contributed by atoms with Crippen LogP contribution in [0.2, 0.25) is 0 Å². The van der Waals surface area contributed by atoms with Gasteiger partial charge in [0.05, 0.1) is 53.4 Å². The van der Waals surface area contributed by atoms with Crippen LogP contribution in [0.15, 0.2) is 47.9 Å². The van der Waals surface area contributed by atoms with Crippen LogP contribution in [0.25, 0.3) is 0 Å². The van der Waals surface area contributed by atoms with Gasteiger partial charge in [-0.15, -0.1) is 0 Å². The number of amides is 1. The van der Waals surface area contributed by atoms with Gasteiger partial charge in [0.15, 0.2) is 5.78 Å². The number of esters is 2. The number of carbonyl (C=O) groups is 6. The highest BCUT2D eigenvalue weighted by atomic mass is 16.7. The lowest BCUT2D eigenvalue weighted by molar-refractivity contribution is -0.160. The van der Waals surface area contributed by atoms with Crippen LogP contribution in [0.3, 0.4) is 0 Å². The number of rotatable bonds is 5. The summed E-state index contributed by atoms with van der Waals surface area (Å²) in [6.07, 6.45) is 10.9. The first-order valence-electron chi connectivity index (χ1n) is 22.2. The summed E-state index contributed by atoms with van der Waals surface area (Å²) in [5, 5.41) is 25.4. The second-order valence-electron chi connectivity index (χ2n) is 19.4. The number of ketones is 3. The zero-order chi connectivity index (χ0) is 45.9. The van der Waals surface area contributed by atoms with Gasteiger partial charge in [0, 0.05) is 61.8 Å². The Labute approximate surface area is 368 Å². The van der Waals surface area contributed by atoms with Crippen molar-refractivity contribution >= 4 is 35.2 Å². The molecule has 0 radical (unpaired) electrons. The molecule has 8 aliphatic rings. The average Bonchev–Trinajstić information content (AvgIpc) is 3.48. The Balaban J connectivity index is 1.29. The first kappa shape index (κ1) is 46.1. The van der Waals surface area contributed by atoms with Crippen molar-refractivity contribution in [1.29, 1.82) is 0 Å². The van der Waals surface area contributed by atoms with Gasteiger partial charge in [-0.25, -0.2) is 0 Å². The van der Waals surface area contributed by atoms with Crippen molar-refractivity contribution in [3.8, 4) is 11.5 Å². The zero-order valence-electron chi connectivity index (χ0n) is 37.6. The van der Waals surface area contributed by atoms with Crippen LogP contribution in [0.5, 0.6) is 11.5 Å². The van der Waals surface area contributed by atoms with Gasteiger partial charge in [-0.3, -0.25) is 28.8 Å². The molecule has 340 valence electrons. The fourth-order valence-electron chi connectivity index (χ4n) is 11.7. The molecule has 1 aromatic rings. The fraction of sp³-hybridized carbons (Fsp3) is 0.592. The topological polar surface area (TPSA) is 201 Å². The van der Waals surface area contributed by atoms with E-state index in [0.717, 1.165) is 25.3 Å². The van der Waals surface area contributed by atoms with Gasteiger partial charge in [0.25, 0.3) is 11.7 Å². The number of aliphatic hydroxyl groups is 2. The molecule has 4 fully saturated rings. The van der Waals surface area contributed by atoms with Crippen LogP contribution in [0.4, 0.5) is 0 Å². The van der Waals surface area contributed by atoms with E-state index in [1.807, 2.05) is 0 Å². The Bertz CT molecular complexity index is 2180. The van der Waals surface area contributed by atoms with E-state index in [2.05, 4.69) is 5.32 Å². The molecular formula is C49H61NO13. The molecular weight excluding hydrogens is 811 g/mol. The molecule has 9 rings (SSSR count). The van der Waals surface area contributed by atoms with Crippen LogP contribution >= 0.6 is 0 Å². The minimum atomic E-state index is -2.08. The van der Waals surface area contributed by atoms with Crippen molar-refractivity contribution in [3.63, 3.8) is 0 Å². The third-order valence-electron chi connectivity index (χ3n) is 14.7. The van der Waals surface area contributed by atoms with Gasteiger partial charge >= 0.3 is 17.7 Å². The average molecular weight is 872 g/mol. The van der Waals surface area contributed by atoms with Gasteiger partial charge < -0.3 is 39.2 Å². The van der Waals surface area contributed by atoms with E-state index in [1.165, 1.54) is 72.5 Å². The van der Waals surface area contributed by atoms with Gasteiger partial charge in [-0.05, 0) is 81.6 Å². The van der Waals surface area contributed by atoms with Gasteiger partial charge in [0.1, 0.15) is 17.6 Å². The third-order valence-corrected chi connectivity index (χ3v) is 14.7. The van der Waals surface area contributed by atoms with Crippen molar-refractivity contribution in [2.75, 3.05) is 7.11 Å². The Morgan fingerprint density at radius 2 is 1.51 bits per heavy atom. The number of aliphatic hydroxyl groups excluding tert-OH is 2. The number of fused-ring (bicyclic) bond motifs is 14. The predicted octanol–water partition coefficient (Wildman–Crippen LogP) is 6.44. The highest BCUT2D eigenvalue weighted by molar-refractivity contribution is 6.31. The molecule has 0 aromatic heterocycles. The van der Waals surface area contributed by atoms with Crippen LogP contribution < -0.4 is 14.8 Å². The Morgan fingerprint density at radius 3 is 2.11 bits per heavy atom. The second-order valence-corrected chi connectivity index (χ2v) is 19.4. The van der Waals surface area contributed by atoms with Crippen LogP contribution in [0.1, 0.15) is 130 Å². The van der Waals surface area contributed by atoms with Crippen molar-refractivity contribution in [1.82, 2.24) is 5.32 Å². The lowest BCUT2D eigenvalue weighted by Crippen LogP contribution is -2.47. The number of ether oxygens (including phenoxy) is 5. The first-order chi connectivity index (χ1) is 29.7. The molecule has 4 saturated carbocycles. The lowest BCUT2D eigenvalue weighted by atomic mass is 9.49. The lowest BCUT2D eigenvalue weighted by Gasteiger charge is -2.56. The van der Waals surface area contributed by atoms with Crippen molar-refractivity contribution in [2.24, 2.45) is 46.8 Å². The van der Waals surface area contributed by atoms with E-state index in [9.17, 15) is 39.0 Å². The molecule has 1 aromatic carbocycles. The Hall–Kier alpha value is -4.92. The van der Waals surface area contributed by atoms with E-state index >= 15 is 0 Å². The highest BCUT2D eigenvalue weighted by Gasteiger charge is 2.54. The van der Waals surface area contributed by atoms with E-state index in [0.29, 0.717) is 17.8 Å². The number of benzene rings is 1. The van der Waals surface area contributed by atoms with E-state index < -0.39 is 89.1 Å². The minimum Gasteiger partial charge on any atom is -0.462 e. The van der Waals surface area contributed by atoms with E-state index in [4.69, 9.17) is 23.7 Å². The molecule has 14 nitrogen and oxygen atoms in total. The largest absolute Gasteiger partial charge is 0.462 e. The molecule has 3 heterocycles. The smallest absolute Gasteiger partial charge is 0.312 e. The normalized spacial score (nSPS) is 36.6. The maximum Gasteiger partial charge on any atom is 0.312 e. The maximum absolute atomic E-state index is 14.6. The third kappa shape index (κ3) is 8.70. The molecule has 9 bridgehead atoms. The summed E-state index contributed by atoms with van der Waals surface area (Å²) in [6, 6.07) is 0. The number of hydrogen-bond acceptors (Lipinski definition) is 13. The summed E-state index contributed by atoms with van der Waals surface area (Å²) in [4.78, 5) is 83.3. The number of allylic oxidation sites excluding steroid dienone is 4. The molecule has 0 saturated heterocycles. The molecule has 14 heteroatoms. The van der Waals surface area contributed by atoms with Crippen molar-refractivity contribution < 1.29 is 62.7 Å². The SMILES string of the molecule is COC1C=COC2(C)Oc3c(C)c(OC(=O)CC45CC6CC(CC(C6)C4)C5)c4c(c3C2=O)C(=O)C=C(NC(=O)C(C)=CC=CC(C)C(O)C(C)C(O)C(C)C(OC(C)=O)C1C)C4=O. The van der Waals surface area contributed by atoms with Gasteiger partial charge in [0.2, 0.25) is 5.78 Å². The summed E-state index contributed by atoms with van der Waals surface area (Å²) in [6.45, 7) is 12.6. The summed E-state index contributed by atoms with van der Waals surface area (Å²) in [7, 11) is 1.44. The number of methoxy groups -OCH3 is 1. The minimum absolute atomic E-state index is 0.0923. The summed E-state index contributed by atoms with van der Waals surface area (Å²) >= 11 is 0. The van der Waals surface area contributed by atoms with Gasteiger partial charge in [-0.2, -0.15) is 0 Å². The Morgan fingerprint density at radius 1 is 0.873 bits per heavy atom. The number of nitrogens with one attached hydrogen (secondary N) is 1. The molecule has 0 spiro atoms. The summed E-state index contributed by atoms with van der Waals surface area (Å²) < 4.78 is 30.0. The number of hydrogen-bond donors (Lipinski definition) is 3. The second kappa shape index (κ2) is 17.6. The quantitative estimate of drug-likeness (QED) is 0.216. The predicted molar refractivity (Wildman–Crippen MR) is 228 cm³/mol. The molecule has 3 N–H and O–H groups in total. The first-order valence-corrected chi connectivity index (χ1v) is 22.2. The van der Waals surface area contributed by atoms with Crippen LogP contribution in [0, 0.1) is 53.8 Å². The Kier molecular flexibility index (Phi) is 12.9. The monoisotopic (exact) mass is 871 g/mol. The molecule has 9 unspecified atom stereocenters. The maximum atomic E-state index is 14.6. The molecule has 63 heavy (non-hydrogen) atoms. The fourth-order valence-corrected chi connectivity index (χ4v) is 11.7. The number of Topliss-reactive ketones (excluding diaryl/α,β-unsaturated/α-hetero) is 2. The summed E-state index contributed by atoms with van der Waals surface area (Å²) in [5.41, 5.74) is -1.20. The molecule has 1 amide bonds. The van der Waals surface area contributed by atoms with Crippen LogP contribution in [-0.2, 0) is 28.6 Å².